The number of nitrogens with one attached hydrogen (secondary N) is 1. The third-order valence-corrected chi connectivity index (χ3v) is 4.11. The van der Waals surface area contributed by atoms with Crippen LogP contribution in [-0.2, 0) is 6.54 Å². The van der Waals surface area contributed by atoms with Crippen LogP contribution < -0.4 is 10.1 Å². The van der Waals surface area contributed by atoms with Crippen molar-refractivity contribution in [3.8, 4) is 5.75 Å². The number of rotatable bonds is 5. The predicted octanol–water partition coefficient (Wildman–Crippen LogP) is 5.42. The lowest BCUT2D eigenvalue weighted by Gasteiger charge is -2.10. The normalized spacial score (nSPS) is 10.4. The highest BCUT2D eigenvalue weighted by atomic mass is 79.9. The van der Waals surface area contributed by atoms with Gasteiger partial charge < -0.3 is 10.1 Å². The van der Waals surface area contributed by atoms with Crippen LogP contribution in [0.3, 0.4) is 0 Å². The first-order valence-corrected chi connectivity index (χ1v) is 7.68. The highest BCUT2D eigenvalue weighted by Gasteiger charge is 2.03. The van der Waals surface area contributed by atoms with Gasteiger partial charge in [0.2, 0.25) is 0 Å². The molecule has 1 N–H and O–H groups in total. The van der Waals surface area contributed by atoms with E-state index in [9.17, 15) is 0 Å². The molecule has 0 aliphatic heterocycles. The molecule has 0 amide bonds. The molecule has 2 rings (SSSR count). The largest absolute Gasteiger partial charge is 0.492 e. The Balaban J connectivity index is 2.03. The Hall–Kier alpha value is -1.19. The third-order valence-electron chi connectivity index (χ3n) is 2.96. The van der Waals surface area contributed by atoms with Crippen LogP contribution in [0.5, 0.6) is 5.75 Å². The molecular weight excluding hydrogens is 338 g/mol. The first-order chi connectivity index (χ1) is 9.60. The number of benzene rings is 2. The molecule has 2 nitrogen and oxygen atoms in total. The molecule has 0 fully saturated rings. The summed E-state index contributed by atoms with van der Waals surface area (Å²) >= 11 is 9.71. The van der Waals surface area contributed by atoms with E-state index in [1.807, 2.05) is 25.1 Å². The van der Waals surface area contributed by atoms with Crippen LogP contribution in [0, 0.1) is 6.92 Å². The van der Waals surface area contributed by atoms with Gasteiger partial charge in [-0.25, -0.2) is 0 Å². The molecule has 0 bridgehead atoms. The Bertz CT molecular complexity index is 601. The molecule has 0 heterocycles. The minimum atomic E-state index is 0.615. The van der Waals surface area contributed by atoms with E-state index in [-0.39, 0.29) is 0 Å². The molecule has 2 aromatic rings. The number of hydrogen-bond donors (Lipinski definition) is 1. The summed E-state index contributed by atoms with van der Waals surface area (Å²) in [5.41, 5.74) is 3.43. The molecule has 2 aromatic carbocycles. The second-order valence-corrected chi connectivity index (χ2v) is 5.78. The van der Waals surface area contributed by atoms with Crippen molar-refractivity contribution in [2.24, 2.45) is 0 Å². The van der Waals surface area contributed by atoms with Crippen molar-refractivity contribution in [1.29, 1.82) is 0 Å². The smallest absolute Gasteiger partial charge is 0.138 e. The van der Waals surface area contributed by atoms with E-state index in [4.69, 9.17) is 16.3 Å². The quantitative estimate of drug-likeness (QED) is 0.774. The lowest BCUT2D eigenvalue weighted by atomic mass is 10.1. The third kappa shape index (κ3) is 3.90. The fraction of sp³-hybridized carbons (Fsp3) is 0.250. The summed E-state index contributed by atoms with van der Waals surface area (Å²) < 4.78 is 6.54. The van der Waals surface area contributed by atoms with E-state index in [1.165, 1.54) is 11.1 Å². The Morgan fingerprint density at radius 3 is 2.65 bits per heavy atom. The summed E-state index contributed by atoms with van der Waals surface area (Å²) in [6, 6.07) is 12.1. The second-order valence-electron chi connectivity index (χ2n) is 4.52. The first-order valence-electron chi connectivity index (χ1n) is 6.51. The summed E-state index contributed by atoms with van der Waals surface area (Å²) in [6.07, 6.45) is 0. The van der Waals surface area contributed by atoms with Gasteiger partial charge in [-0.15, -0.1) is 0 Å². The zero-order valence-corrected chi connectivity index (χ0v) is 13.9. The van der Waals surface area contributed by atoms with Gasteiger partial charge in [-0.1, -0.05) is 39.7 Å². The number of anilines is 1. The van der Waals surface area contributed by atoms with Gasteiger partial charge in [0.25, 0.3) is 0 Å². The second kappa shape index (κ2) is 7.00. The highest BCUT2D eigenvalue weighted by Crippen LogP contribution is 2.28. The van der Waals surface area contributed by atoms with Crippen LogP contribution in [0.4, 0.5) is 5.69 Å². The Kier molecular flexibility index (Phi) is 5.32. The number of ether oxygens (including phenoxy) is 1. The summed E-state index contributed by atoms with van der Waals surface area (Å²) in [5, 5.41) is 3.98. The Morgan fingerprint density at radius 2 is 2.00 bits per heavy atom. The van der Waals surface area contributed by atoms with E-state index in [2.05, 4.69) is 46.4 Å². The standard InChI is InChI=1S/C16H17BrClNO/c1-3-20-16-7-6-13(9-15(16)18)19-10-12-5-4-11(2)14(17)8-12/h4-9,19H,3,10H2,1-2H3. The van der Waals surface area contributed by atoms with Crippen LogP contribution in [0.25, 0.3) is 0 Å². The summed E-state index contributed by atoms with van der Waals surface area (Å²) in [4.78, 5) is 0. The van der Waals surface area contributed by atoms with Crippen LogP contribution in [0.15, 0.2) is 40.9 Å². The van der Waals surface area contributed by atoms with Crippen molar-refractivity contribution in [2.75, 3.05) is 11.9 Å². The monoisotopic (exact) mass is 353 g/mol. The lowest BCUT2D eigenvalue weighted by molar-refractivity contribution is 0.340. The maximum atomic E-state index is 6.16. The molecule has 0 saturated heterocycles. The molecule has 0 spiro atoms. The van der Waals surface area contributed by atoms with E-state index >= 15 is 0 Å². The zero-order chi connectivity index (χ0) is 14.5. The summed E-state index contributed by atoms with van der Waals surface area (Å²) in [6.45, 7) is 5.39. The molecule has 0 aliphatic rings. The maximum absolute atomic E-state index is 6.16. The van der Waals surface area contributed by atoms with Crippen molar-refractivity contribution >= 4 is 33.2 Å². The number of halogens is 2. The fourth-order valence-corrected chi connectivity index (χ4v) is 2.50. The first kappa shape index (κ1) is 15.2. The molecule has 0 aliphatic carbocycles. The van der Waals surface area contributed by atoms with E-state index in [0.717, 1.165) is 22.5 Å². The summed E-state index contributed by atoms with van der Waals surface area (Å²) in [7, 11) is 0. The van der Waals surface area contributed by atoms with Gasteiger partial charge in [0.1, 0.15) is 5.75 Å². The van der Waals surface area contributed by atoms with Crippen LogP contribution in [0.1, 0.15) is 18.1 Å². The minimum absolute atomic E-state index is 0.615. The molecule has 0 radical (unpaired) electrons. The van der Waals surface area contributed by atoms with E-state index in [0.29, 0.717) is 11.6 Å². The predicted molar refractivity (Wildman–Crippen MR) is 88.8 cm³/mol. The average Bonchev–Trinajstić information content (AvgIpc) is 2.43. The minimum Gasteiger partial charge on any atom is -0.492 e. The fourth-order valence-electron chi connectivity index (χ4n) is 1.83. The van der Waals surface area contributed by atoms with Crippen molar-refractivity contribution in [1.82, 2.24) is 0 Å². The molecule has 4 heteroatoms. The van der Waals surface area contributed by atoms with E-state index < -0.39 is 0 Å². The van der Waals surface area contributed by atoms with Gasteiger partial charge in [-0.05, 0) is 49.2 Å². The van der Waals surface area contributed by atoms with Gasteiger partial charge in [0.15, 0.2) is 0 Å². The number of hydrogen-bond acceptors (Lipinski definition) is 2. The Labute approximate surface area is 133 Å². The Morgan fingerprint density at radius 1 is 1.20 bits per heavy atom. The van der Waals surface area contributed by atoms with Gasteiger partial charge in [0, 0.05) is 16.7 Å². The van der Waals surface area contributed by atoms with Crippen molar-refractivity contribution in [3.63, 3.8) is 0 Å². The topological polar surface area (TPSA) is 21.3 Å². The lowest BCUT2D eigenvalue weighted by Crippen LogP contribution is -2.00. The average molecular weight is 355 g/mol. The molecule has 106 valence electrons. The number of aryl methyl sites for hydroxylation is 1. The van der Waals surface area contributed by atoms with Crippen molar-refractivity contribution in [3.05, 3.63) is 57.0 Å². The van der Waals surface area contributed by atoms with Crippen LogP contribution in [0.2, 0.25) is 5.02 Å². The maximum Gasteiger partial charge on any atom is 0.138 e. The molecular formula is C16H17BrClNO. The van der Waals surface area contributed by atoms with Crippen molar-refractivity contribution < 1.29 is 4.74 Å². The highest BCUT2D eigenvalue weighted by molar-refractivity contribution is 9.10. The summed E-state index contributed by atoms with van der Waals surface area (Å²) in [5.74, 6) is 0.720. The molecule has 0 atom stereocenters. The van der Waals surface area contributed by atoms with Gasteiger partial charge >= 0.3 is 0 Å². The molecule has 0 unspecified atom stereocenters. The molecule has 0 aromatic heterocycles. The van der Waals surface area contributed by atoms with Gasteiger partial charge in [-0.2, -0.15) is 0 Å². The SMILES string of the molecule is CCOc1ccc(NCc2ccc(C)c(Br)c2)cc1Cl. The van der Waals surface area contributed by atoms with Gasteiger partial charge in [0.05, 0.1) is 11.6 Å². The van der Waals surface area contributed by atoms with Crippen LogP contribution >= 0.6 is 27.5 Å². The van der Waals surface area contributed by atoms with Crippen LogP contribution in [-0.4, -0.2) is 6.61 Å². The van der Waals surface area contributed by atoms with E-state index in [1.54, 1.807) is 0 Å². The van der Waals surface area contributed by atoms with Crippen molar-refractivity contribution in [2.45, 2.75) is 20.4 Å². The van der Waals surface area contributed by atoms with Gasteiger partial charge in [-0.3, -0.25) is 0 Å². The molecule has 20 heavy (non-hydrogen) atoms. The molecule has 0 saturated carbocycles. The zero-order valence-electron chi connectivity index (χ0n) is 11.5.